The van der Waals surface area contributed by atoms with Crippen LogP contribution in [0.25, 0.3) is 0 Å². The summed E-state index contributed by atoms with van der Waals surface area (Å²) in [5.41, 5.74) is 6.59. The Morgan fingerprint density at radius 1 is 1.62 bits per heavy atom. The lowest BCUT2D eigenvalue weighted by Gasteiger charge is -2.10. The van der Waals surface area contributed by atoms with Crippen LogP contribution in [0.3, 0.4) is 0 Å². The van der Waals surface area contributed by atoms with Crippen LogP contribution in [-0.2, 0) is 5.33 Å². The van der Waals surface area contributed by atoms with E-state index in [1.165, 1.54) is 0 Å². The van der Waals surface area contributed by atoms with Crippen LogP contribution in [-0.4, -0.2) is 4.98 Å². The second-order valence-corrected chi connectivity index (χ2v) is 3.20. The monoisotopic (exact) mass is 250 g/mol. The molecule has 5 heteroatoms. The minimum Gasteiger partial charge on any atom is -0.383 e. The van der Waals surface area contributed by atoms with Gasteiger partial charge in [0.25, 0.3) is 6.43 Å². The Bertz CT molecular complexity index is 315. The fourth-order valence-electron chi connectivity index (χ4n) is 1.05. The van der Waals surface area contributed by atoms with Gasteiger partial charge in [0, 0.05) is 17.1 Å². The van der Waals surface area contributed by atoms with Crippen LogP contribution in [0.4, 0.5) is 14.6 Å². The maximum atomic E-state index is 12.4. The Morgan fingerprint density at radius 2 is 2.23 bits per heavy atom. The second-order valence-electron chi connectivity index (χ2n) is 2.64. The maximum absolute atomic E-state index is 12.4. The van der Waals surface area contributed by atoms with E-state index in [1.54, 1.807) is 6.92 Å². The van der Waals surface area contributed by atoms with Crippen LogP contribution in [0.15, 0.2) is 6.20 Å². The van der Waals surface area contributed by atoms with Gasteiger partial charge in [-0.2, -0.15) is 0 Å². The summed E-state index contributed by atoms with van der Waals surface area (Å²) in [5.74, 6) is 0.304. The van der Waals surface area contributed by atoms with E-state index in [4.69, 9.17) is 5.73 Å². The molecule has 0 saturated carbocycles. The Labute approximate surface area is 83.3 Å². The molecule has 0 unspecified atom stereocenters. The molecule has 0 fully saturated rings. The van der Waals surface area contributed by atoms with Crippen LogP contribution in [0.2, 0.25) is 0 Å². The van der Waals surface area contributed by atoms with E-state index >= 15 is 0 Å². The highest BCUT2D eigenvalue weighted by Gasteiger charge is 2.15. The molecule has 2 N–H and O–H groups in total. The molecule has 0 saturated heterocycles. The Morgan fingerprint density at radius 3 is 2.69 bits per heavy atom. The van der Waals surface area contributed by atoms with Crippen molar-refractivity contribution in [2.24, 2.45) is 0 Å². The average Bonchev–Trinajstić information content (AvgIpc) is 2.09. The summed E-state index contributed by atoms with van der Waals surface area (Å²) in [7, 11) is 0. The summed E-state index contributed by atoms with van der Waals surface area (Å²) in [6, 6.07) is 0. The molecule has 1 aromatic rings. The number of pyridine rings is 1. The zero-order chi connectivity index (χ0) is 10.0. The molecule has 0 aliphatic rings. The third-order valence-corrected chi connectivity index (χ3v) is 2.46. The highest BCUT2D eigenvalue weighted by Crippen LogP contribution is 2.28. The van der Waals surface area contributed by atoms with Crippen molar-refractivity contribution in [2.75, 3.05) is 5.73 Å². The van der Waals surface area contributed by atoms with E-state index in [1.807, 2.05) is 0 Å². The lowest BCUT2D eigenvalue weighted by molar-refractivity contribution is 0.150. The van der Waals surface area contributed by atoms with Crippen LogP contribution in [0.1, 0.15) is 23.1 Å². The zero-order valence-electron chi connectivity index (χ0n) is 7.02. The van der Waals surface area contributed by atoms with Crippen molar-refractivity contribution in [2.45, 2.75) is 18.7 Å². The average molecular weight is 251 g/mol. The summed E-state index contributed by atoms with van der Waals surface area (Å²) >= 11 is 3.14. The largest absolute Gasteiger partial charge is 0.383 e. The van der Waals surface area contributed by atoms with Crippen LogP contribution in [0, 0.1) is 6.92 Å². The van der Waals surface area contributed by atoms with Crippen molar-refractivity contribution in [1.82, 2.24) is 4.98 Å². The molecule has 0 spiro atoms. The fraction of sp³-hybridized carbons (Fsp3) is 0.375. The normalized spacial score (nSPS) is 10.8. The van der Waals surface area contributed by atoms with Crippen molar-refractivity contribution >= 4 is 21.7 Å². The van der Waals surface area contributed by atoms with Gasteiger partial charge >= 0.3 is 0 Å². The highest BCUT2D eigenvalue weighted by molar-refractivity contribution is 9.08. The van der Waals surface area contributed by atoms with Gasteiger partial charge < -0.3 is 5.73 Å². The molecule has 1 heterocycles. The minimum atomic E-state index is -2.50. The first-order chi connectivity index (χ1) is 6.07. The van der Waals surface area contributed by atoms with Gasteiger partial charge in [-0.15, -0.1) is 0 Å². The molecule has 0 radical (unpaired) electrons. The number of anilines is 1. The van der Waals surface area contributed by atoms with Crippen molar-refractivity contribution in [3.05, 3.63) is 22.9 Å². The van der Waals surface area contributed by atoms with Gasteiger partial charge in [-0.05, 0) is 18.1 Å². The molecule has 0 aliphatic heterocycles. The lowest BCUT2D eigenvalue weighted by Crippen LogP contribution is -2.02. The molecule has 2 nitrogen and oxygen atoms in total. The number of nitrogens with zero attached hydrogens (tertiary/aromatic N) is 1. The van der Waals surface area contributed by atoms with Gasteiger partial charge in [-0.25, -0.2) is 13.8 Å². The molecule has 1 rings (SSSR count). The molecule has 1 aromatic heterocycles. The highest BCUT2D eigenvalue weighted by atomic mass is 79.9. The SMILES string of the molecule is Cc1c(N)ncc(C(F)F)c1CBr. The predicted octanol–water partition coefficient (Wildman–Crippen LogP) is 2.80. The van der Waals surface area contributed by atoms with Gasteiger partial charge in [0.15, 0.2) is 0 Å². The topological polar surface area (TPSA) is 38.9 Å². The van der Waals surface area contributed by atoms with Crippen molar-refractivity contribution in [1.29, 1.82) is 0 Å². The molecule has 0 atom stereocenters. The number of alkyl halides is 3. The Balaban J connectivity index is 3.30. The van der Waals surface area contributed by atoms with Gasteiger partial charge in [0.05, 0.1) is 0 Å². The van der Waals surface area contributed by atoms with Gasteiger partial charge in [-0.3, -0.25) is 0 Å². The Kier molecular flexibility index (Phi) is 3.19. The second kappa shape index (κ2) is 4.00. The maximum Gasteiger partial charge on any atom is 0.265 e. The fourth-order valence-corrected chi connectivity index (χ4v) is 1.79. The smallest absolute Gasteiger partial charge is 0.265 e. The molecule has 0 aromatic carbocycles. The first-order valence-electron chi connectivity index (χ1n) is 3.66. The van der Waals surface area contributed by atoms with Gasteiger partial charge in [0.2, 0.25) is 0 Å². The lowest BCUT2D eigenvalue weighted by atomic mass is 10.1. The summed E-state index contributed by atoms with van der Waals surface area (Å²) < 4.78 is 24.8. The number of rotatable bonds is 2. The summed E-state index contributed by atoms with van der Waals surface area (Å²) in [5, 5.41) is 0.366. The molecule has 13 heavy (non-hydrogen) atoms. The quantitative estimate of drug-likeness (QED) is 0.821. The van der Waals surface area contributed by atoms with E-state index in [-0.39, 0.29) is 5.56 Å². The van der Waals surface area contributed by atoms with E-state index in [0.717, 1.165) is 6.20 Å². The number of nitrogens with two attached hydrogens (primary N) is 1. The number of hydrogen-bond donors (Lipinski definition) is 1. The first-order valence-corrected chi connectivity index (χ1v) is 4.78. The summed E-state index contributed by atoms with van der Waals surface area (Å²) in [4.78, 5) is 3.69. The van der Waals surface area contributed by atoms with Crippen molar-refractivity contribution in [3.8, 4) is 0 Å². The molecule has 0 amide bonds. The molecular formula is C8H9BrF2N2. The van der Waals surface area contributed by atoms with E-state index in [0.29, 0.717) is 22.3 Å². The van der Waals surface area contributed by atoms with E-state index < -0.39 is 6.43 Å². The van der Waals surface area contributed by atoms with Gasteiger partial charge in [0.1, 0.15) is 5.82 Å². The van der Waals surface area contributed by atoms with Crippen LogP contribution >= 0.6 is 15.9 Å². The molecule has 0 aliphatic carbocycles. The van der Waals surface area contributed by atoms with E-state index in [9.17, 15) is 8.78 Å². The minimum absolute atomic E-state index is 0.0522. The molecule has 0 bridgehead atoms. The Hall–Kier alpha value is -0.710. The van der Waals surface area contributed by atoms with Crippen molar-refractivity contribution in [3.63, 3.8) is 0 Å². The number of aromatic nitrogens is 1. The number of hydrogen-bond acceptors (Lipinski definition) is 2. The standard InChI is InChI=1S/C8H9BrF2N2/c1-4-5(2-9)6(7(10)11)3-13-8(4)12/h3,7H,2H2,1H3,(H2,12,13). The third kappa shape index (κ3) is 1.96. The van der Waals surface area contributed by atoms with Crippen LogP contribution < -0.4 is 5.73 Å². The number of nitrogen functional groups attached to an aromatic ring is 1. The predicted molar refractivity (Wildman–Crippen MR) is 51.0 cm³/mol. The number of halogens is 3. The third-order valence-electron chi connectivity index (χ3n) is 1.90. The van der Waals surface area contributed by atoms with Crippen LogP contribution in [0.5, 0.6) is 0 Å². The zero-order valence-corrected chi connectivity index (χ0v) is 8.61. The van der Waals surface area contributed by atoms with E-state index in [2.05, 4.69) is 20.9 Å². The summed E-state index contributed by atoms with van der Waals surface area (Å²) in [6.07, 6.45) is -1.37. The molecule has 72 valence electrons. The van der Waals surface area contributed by atoms with Crippen molar-refractivity contribution < 1.29 is 8.78 Å². The van der Waals surface area contributed by atoms with Gasteiger partial charge in [-0.1, -0.05) is 15.9 Å². The summed E-state index contributed by atoms with van der Waals surface area (Å²) in [6.45, 7) is 1.69. The first kappa shape index (κ1) is 10.4. The molecular weight excluding hydrogens is 242 g/mol.